The van der Waals surface area contributed by atoms with Crippen LogP contribution in [0.1, 0.15) is 12.5 Å². The van der Waals surface area contributed by atoms with Crippen LogP contribution in [0, 0.1) is 18.6 Å². The molecule has 9 heteroatoms. The van der Waals surface area contributed by atoms with Gasteiger partial charge in [-0.05, 0) is 25.5 Å². The van der Waals surface area contributed by atoms with Crippen molar-refractivity contribution in [2.24, 2.45) is 0 Å². The van der Waals surface area contributed by atoms with E-state index in [9.17, 15) is 17.2 Å². The van der Waals surface area contributed by atoms with Crippen LogP contribution in [-0.4, -0.2) is 23.2 Å². The highest BCUT2D eigenvalue weighted by atomic mass is 35.7. The molecule has 1 aromatic carbocycles. The third-order valence-corrected chi connectivity index (χ3v) is 3.91. The first kappa shape index (κ1) is 14.9. The minimum Gasteiger partial charge on any atom is -0.297 e. The number of hydrogen-bond donors (Lipinski definition) is 0. The van der Waals surface area contributed by atoms with Crippen molar-refractivity contribution in [3.05, 3.63) is 29.3 Å². The average Bonchev–Trinajstić information content (AvgIpc) is 2.78. The highest BCUT2D eigenvalue weighted by molar-refractivity contribution is 8.13. The van der Waals surface area contributed by atoms with Crippen molar-refractivity contribution in [1.29, 1.82) is 0 Å². The van der Waals surface area contributed by atoms with Crippen LogP contribution in [0.4, 0.5) is 8.78 Å². The fraction of sp³-hybridized carbons (Fsp3) is 0.273. The Hall–Kier alpha value is -1.54. The minimum absolute atomic E-state index is 0.0937. The summed E-state index contributed by atoms with van der Waals surface area (Å²) in [6.07, 6.45) is 0. The Morgan fingerprint density at radius 2 is 1.95 bits per heavy atom. The molecule has 0 aliphatic rings. The van der Waals surface area contributed by atoms with Gasteiger partial charge in [0.25, 0.3) is 14.2 Å². The van der Waals surface area contributed by atoms with E-state index in [1.165, 1.54) is 13.0 Å². The summed E-state index contributed by atoms with van der Waals surface area (Å²) in [4.78, 5) is 0. The van der Waals surface area contributed by atoms with E-state index in [0.717, 1.165) is 10.6 Å². The summed E-state index contributed by atoms with van der Waals surface area (Å²) in [5, 5.41) is 6.42. The quantitative estimate of drug-likeness (QED) is 0.815. The number of benzene rings is 1. The van der Waals surface area contributed by atoms with E-state index >= 15 is 0 Å². The summed E-state index contributed by atoms with van der Waals surface area (Å²) in [6.45, 7) is 3.14. The highest BCUT2D eigenvalue weighted by Gasteiger charge is 2.26. The van der Waals surface area contributed by atoms with Crippen molar-refractivity contribution in [2.75, 3.05) is 0 Å². The average molecular weight is 322 g/mol. The fourth-order valence-corrected chi connectivity index (χ4v) is 2.76. The van der Waals surface area contributed by atoms with Gasteiger partial charge in [0.1, 0.15) is 11.6 Å². The van der Waals surface area contributed by atoms with Gasteiger partial charge in [0.2, 0.25) is 0 Å². The molecule has 0 aliphatic carbocycles. The lowest BCUT2D eigenvalue weighted by Crippen LogP contribution is -2.08. The first-order chi connectivity index (χ1) is 9.27. The van der Waals surface area contributed by atoms with Gasteiger partial charge in [-0.2, -0.15) is 0 Å². The molecule has 0 aliphatic heterocycles. The minimum atomic E-state index is -4.15. The Labute approximate surface area is 118 Å². The molecule has 1 heterocycles. The molecule has 0 amide bonds. The van der Waals surface area contributed by atoms with E-state index in [1.54, 1.807) is 6.92 Å². The van der Waals surface area contributed by atoms with E-state index < -0.39 is 31.4 Å². The van der Waals surface area contributed by atoms with Crippen molar-refractivity contribution in [1.82, 2.24) is 14.8 Å². The Kier molecular flexibility index (Phi) is 3.79. The second kappa shape index (κ2) is 5.10. The summed E-state index contributed by atoms with van der Waals surface area (Å²) < 4.78 is 51.6. The standard InChI is InChI=1S/C11H10ClF2N3O2S/c1-3-17-10(15-16-11(17)20(12,18)19)8-7(13)5-4-6(2)9(8)14/h4-5H,3H2,1-2H3. The topological polar surface area (TPSA) is 64.8 Å². The smallest absolute Gasteiger partial charge is 0.296 e. The zero-order valence-corrected chi connectivity index (χ0v) is 12.1. The molecule has 0 bridgehead atoms. The van der Waals surface area contributed by atoms with Crippen LogP contribution in [0.25, 0.3) is 11.4 Å². The molecular weight excluding hydrogens is 312 g/mol. The van der Waals surface area contributed by atoms with Gasteiger partial charge in [-0.3, -0.25) is 4.57 Å². The first-order valence-electron chi connectivity index (χ1n) is 5.60. The number of nitrogens with zero attached hydrogens (tertiary/aromatic N) is 3. The molecule has 108 valence electrons. The molecule has 0 unspecified atom stereocenters. The number of rotatable bonds is 3. The Balaban J connectivity index is 2.79. The van der Waals surface area contributed by atoms with Crippen molar-refractivity contribution >= 4 is 19.7 Å². The van der Waals surface area contributed by atoms with Crippen LogP contribution >= 0.6 is 10.7 Å². The molecule has 20 heavy (non-hydrogen) atoms. The third-order valence-electron chi connectivity index (χ3n) is 2.76. The number of halogens is 3. The molecule has 0 N–H and O–H groups in total. The maximum Gasteiger partial charge on any atom is 0.296 e. The Morgan fingerprint density at radius 1 is 1.30 bits per heavy atom. The van der Waals surface area contributed by atoms with Gasteiger partial charge >= 0.3 is 0 Å². The lowest BCUT2D eigenvalue weighted by molar-refractivity contribution is 0.569. The second-order valence-electron chi connectivity index (χ2n) is 4.04. The van der Waals surface area contributed by atoms with E-state index in [1.807, 2.05) is 0 Å². The van der Waals surface area contributed by atoms with Crippen molar-refractivity contribution in [3.8, 4) is 11.4 Å². The van der Waals surface area contributed by atoms with Crippen LogP contribution in [0.5, 0.6) is 0 Å². The molecule has 2 rings (SSSR count). The predicted octanol–water partition coefficient (Wildman–Crippen LogP) is 2.48. The van der Waals surface area contributed by atoms with Gasteiger partial charge in [0, 0.05) is 17.2 Å². The zero-order valence-electron chi connectivity index (χ0n) is 10.6. The number of aryl methyl sites for hydroxylation is 1. The summed E-state index contributed by atoms with van der Waals surface area (Å²) in [5.41, 5.74) is -0.215. The molecule has 0 atom stereocenters. The lowest BCUT2D eigenvalue weighted by Gasteiger charge is -2.09. The van der Waals surface area contributed by atoms with Gasteiger partial charge in [-0.15, -0.1) is 10.2 Å². The molecule has 1 aromatic heterocycles. The molecular formula is C11H10ClF2N3O2S. The number of hydrogen-bond acceptors (Lipinski definition) is 4. The summed E-state index contributed by atoms with van der Waals surface area (Å²) in [6, 6.07) is 2.36. The van der Waals surface area contributed by atoms with Crippen LogP contribution in [0.15, 0.2) is 17.3 Å². The monoisotopic (exact) mass is 321 g/mol. The van der Waals surface area contributed by atoms with Crippen molar-refractivity contribution in [2.45, 2.75) is 25.5 Å². The first-order valence-corrected chi connectivity index (χ1v) is 7.91. The maximum absolute atomic E-state index is 14.1. The van der Waals surface area contributed by atoms with Gasteiger partial charge in [0.05, 0.1) is 5.56 Å². The summed E-state index contributed by atoms with van der Waals surface area (Å²) in [5.74, 6) is -1.88. The number of aromatic nitrogens is 3. The van der Waals surface area contributed by atoms with Crippen LogP contribution in [0.2, 0.25) is 0 Å². The zero-order chi connectivity index (χ0) is 15.1. The van der Waals surface area contributed by atoms with E-state index in [4.69, 9.17) is 10.7 Å². The highest BCUT2D eigenvalue weighted by Crippen LogP contribution is 2.28. The third kappa shape index (κ3) is 2.40. The van der Waals surface area contributed by atoms with Crippen molar-refractivity contribution < 1.29 is 17.2 Å². The fourth-order valence-electron chi connectivity index (χ4n) is 1.80. The van der Waals surface area contributed by atoms with E-state index in [2.05, 4.69) is 10.2 Å². The summed E-state index contributed by atoms with van der Waals surface area (Å²) >= 11 is 0. The SMILES string of the molecule is CCn1c(-c2c(F)ccc(C)c2F)nnc1S(=O)(=O)Cl. The molecule has 5 nitrogen and oxygen atoms in total. The Bertz CT molecular complexity index is 774. The molecule has 0 radical (unpaired) electrons. The molecule has 0 fully saturated rings. The van der Waals surface area contributed by atoms with Crippen LogP contribution in [-0.2, 0) is 15.6 Å². The lowest BCUT2D eigenvalue weighted by atomic mass is 10.1. The maximum atomic E-state index is 14.1. The van der Waals surface area contributed by atoms with E-state index in [-0.39, 0.29) is 17.9 Å². The largest absolute Gasteiger partial charge is 0.297 e. The van der Waals surface area contributed by atoms with Gasteiger partial charge in [-0.25, -0.2) is 17.2 Å². The second-order valence-corrected chi connectivity index (χ2v) is 6.50. The van der Waals surface area contributed by atoms with Crippen molar-refractivity contribution in [3.63, 3.8) is 0 Å². The van der Waals surface area contributed by atoms with Crippen LogP contribution in [0.3, 0.4) is 0 Å². The van der Waals surface area contributed by atoms with Gasteiger partial charge in [-0.1, -0.05) is 6.07 Å². The normalized spacial score (nSPS) is 11.8. The van der Waals surface area contributed by atoms with Gasteiger partial charge in [0.15, 0.2) is 5.82 Å². The molecule has 2 aromatic rings. The molecule has 0 saturated carbocycles. The summed E-state index contributed by atoms with van der Waals surface area (Å²) in [7, 11) is 1.06. The molecule has 0 saturated heterocycles. The predicted molar refractivity (Wildman–Crippen MR) is 68.8 cm³/mol. The van der Waals surface area contributed by atoms with E-state index in [0.29, 0.717) is 0 Å². The van der Waals surface area contributed by atoms with Gasteiger partial charge < -0.3 is 0 Å². The Morgan fingerprint density at radius 3 is 2.50 bits per heavy atom. The van der Waals surface area contributed by atoms with Crippen LogP contribution < -0.4 is 0 Å². The molecule has 0 spiro atoms.